The molecule has 1 fully saturated rings. The molecule has 1 aromatic heterocycles. The lowest BCUT2D eigenvalue weighted by Gasteiger charge is -2.63. The largest absolute Gasteiger partial charge is 0.488 e. The van der Waals surface area contributed by atoms with Crippen molar-refractivity contribution in [1.82, 2.24) is 10.3 Å². The second-order valence-electron chi connectivity index (χ2n) is 7.70. The Morgan fingerprint density at radius 2 is 1.83 bits per heavy atom. The monoisotopic (exact) mass is 325 g/mol. The maximum absolute atomic E-state index is 11.6. The number of aromatic nitrogens is 1. The first kappa shape index (κ1) is 16.5. The van der Waals surface area contributed by atoms with Crippen molar-refractivity contribution in [2.24, 2.45) is 10.8 Å². The SMILES string of the molecule is CNC1C(C)(C)C(Oc2ccc(C#N)c3[nH]c(=O)ccc23)C1(C)C. The number of aromatic amines is 1. The summed E-state index contributed by atoms with van der Waals surface area (Å²) in [7, 11) is 1.98. The van der Waals surface area contributed by atoms with Crippen LogP contribution in [0.5, 0.6) is 5.75 Å². The predicted octanol–water partition coefficient (Wildman–Crippen LogP) is 2.80. The molecule has 1 aliphatic rings. The van der Waals surface area contributed by atoms with Gasteiger partial charge in [-0.05, 0) is 25.2 Å². The Bertz CT molecular complexity index is 874. The molecular weight excluding hydrogens is 302 g/mol. The fraction of sp³-hybridized carbons (Fsp3) is 0.474. The van der Waals surface area contributed by atoms with Crippen LogP contribution in [0.3, 0.4) is 0 Å². The van der Waals surface area contributed by atoms with E-state index in [9.17, 15) is 10.1 Å². The van der Waals surface area contributed by atoms with Gasteiger partial charge in [-0.15, -0.1) is 0 Å². The van der Waals surface area contributed by atoms with E-state index in [4.69, 9.17) is 4.74 Å². The van der Waals surface area contributed by atoms with Crippen LogP contribution >= 0.6 is 0 Å². The first-order valence-electron chi connectivity index (χ1n) is 8.13. The summed E-state index contributed by atoms with van der Waals surface area (Å²) in [6.45, 7) is 8.77. The van der Waals surface area contributed by atoms with Crippen LogP contribution in [0.15, 0.2) is 29.1 Å². The fourth-order valence-electron chi connectivity index (χ4n) is 4.72. The molecule has 2 aromatic rings. The van der Waals surface area contributed by atoms with Gasteiger partial charge in [-0.1, -0.05) is 27.7 Å². The number of hydrogen-bond acceptors (Lipinski definition) is 4. The van der Waals surface area contributed by atoms with Crippen molar-refractivity contribution in [3.63, 3.8) is 0 Å². The van der Waals surface area contributed by atoms with Crippen molar-refractivity contribution >= 4 is 10.9 Å². The maximum Gasteiger partial charge on any atom is 0.248 e. The number of nitriles is 1. The Morgan fingerprint density at radius 1 is 1.17 bits per heavy atom. The lowest BCUT2D eigenvalue weighted by Crippen LogP contribution is -2.73. The molecule has 0 unspecified atom stereocenters. The van der Waals surface area contributed by atoms with Crippen LogP contribution in [-0.2, 0) is 0 Å². The van der Waals surface area contributed by atoms with E-state index in [1.807, 2.05) is 13.1 Å². The maximum atomic E-state index is 11.6. The van der Waals surface area contributed by atoms with Gasteiger partial charge in [-0.2, -0.15) is 5.26 Å². The van der Waals surface area contributed by atoms with Gasteiger partial charge >= 0.3 is 0 Å². The Labute approximate surface area is 141 Å². The highest BCUT2D eigenvalue weighted by Gasteiger charge is 2.63. The number of pyridine rings is 1. The number of fused-ring (bicyclic) bond motifs is 1. The summed E-state index contributed by atoms with van der Waals surface area (Å²) in [5.74, 6) is 0.695. The normalized spacial score (nSPS) is 24.2. The van der Waals surface area contributed by atoms with Crippen LogP contribution in [0, 0.1) is 22.2 Å². The summed E-state index contributed by atoms with van der Waals surface area (Å²) in [5.41, 5.74) is 0.690. The number of nitrogens with one attached hydrogen (secondary N) is 2. The standard InChI is InChI=1S/C19H23N3O2/c1-18(2)16(21-5)19(3,4)17(18)24-13-8-6-11(10-20)15-12(13)7-9-14(23)22-15/h6-9,16-17,21H,1-5H3,(H,22,23). The number of benzene rings is 1. The van der Waals surface area contributed by atoms with Crippen molar-refractivity contribution in [1.29, 1.82) is 5.26 Å². The van der Waals surface area contributed by atoms with Crippen LogP contribution < -0.4 is 15.6 Å². The molecule has 5 nitrogen and oxygen atoms in total. The Morgan fingerprint density at radius 3 is 2.42 bits per heavy atom. The van der Waals surface area contributed by atoms with Gasteiger partial charge in [0, 0.05) is 28.3 Å². The lowest BCUT2D eigenvalue weighted by molar-refractivity contribution is -0.165. The van der Waals surface area contributed by atoms with Crippen molar-refractivity contribution < 1.29 is 4.74 Å². The Kier molecular flexibility index (Phi) is 3.69. The van der Waals surface area contributed by atoms with E-state index in [-0.39, 0.29) is 22.5 Å². The molecule has 0 aliphatic heterocycles. The summed E-state index contributed by atoms with van der Waals surface area (Å²) < 4.78 is 6.39. The van der Waals surface area contributed by atoms with E-state index < -0.39 is 0 Å². The van der Waals surface area contributed by atoms with Crippen LogP contribution in [0.1, 0.15) is 33.3 Å². The van der Waals surface area contributed by atoms with E-state index in [1.165, 1.54) is 6.07 Å². The molecular formula is C19H23N3O2. The van der Waals surface area contributed by atoms with E-state index in [0.29, 0.717) is 22.9 Å². The first-order chi connectivity index (χ1) is 11.2. The summed E-state index contributed by atoms with van der Waals surface area (Å²) in [4.78, 5) is 14.4. The second-order valence-corrected chi connectivity index (χ2v) is 7.70. The van der Waals surface area contributed by atoms with Gasteiger partial charge in [-0.25, -0.2) is 0 Å². The molecule has 0 amide bonds. The smallest absolute Gasteiger partial charge is 0.248 e. The quantitative estimate of drug-likeness (QED) is 0.909. The summed E-state index contributed by atoms with van der Waals surface area (Å²) in [6, 6.07) is 9.16. The second kappa shape index (κ2) is 5.35. The molecule has 0 spiro atoms. The fourth-order valence-corrected chi connectivity index (χ4v) is 4.72. The number of nitrogens with zero attached hydrogens (tertiary/aromatic N) is 1. The first-order valence-corrected chi connectivity index (χ1v) is 8.13. The molecule has 0 atom stereocenters. The molecule has 0 bridgehead atoms. The van der Waals surface area contributed by atoms with Gasteiger partial charge in [0.25, 0.3) is 0 Å². The molecule has 0 saturated heterocycles. The summed E-state index contributed by atoms with van der Waals surface area (Å²) >= 11 is 0. The highest BCUT2D eigenvalue weighted by molar-refractivity contribution is 5.89. The average Bonchev–Trinajstić information content (AvgIpc) is 2.51. The molecule has 1 heterocycles. The van der Waals surface area contributed by atoms with Gasteiger partial charge in [0.15, 0.2) is 0 Å². The van der Waals surface area contributed by atoms with Crippen LogP contribution in [0.4, 0.5) is 0 Å². The third-order valence-corrected chi connectivity index (χ3v) is 5.35. The average molecular weight is 325 g/mol. The van der Waals surface area contributed by atoms with Crippen LogP contribution in [-0.4, -0.2) is 24.2 Å². The summed E-state index contributed by atoms with van der Waals surface area (Å²) in [5, 5.41) is 13.4. The number of rotatable bonds is 3. The van der Waals surface area contributed by atoms with Gasteiger partial charge in [0.1, 0.15) is 17.9 Å². The Balaban J connectivity index is 2.06. The van der Waals surface area contributed by atoms with Crippen molar-refractivity contribution in [3.8, 4) is 11.8 Å². The molecule has 5 heteroatoms. The minimum absolute atomic E-state index is 0.0190. The van der Waals surface area contributed by atoms with Crippen LogP contribution in [0.2, 0.25) is 0 Å². The zero-order valence-electron chi connectivity index (χ0n) is 14.7. The third-order valence-electron chi connectivity index (χ3n) is 5.35. The van der Waals surface area contributed by atoms with E-state index >= 15 is 0 Å². The molecule has 0 radical (unpaired) electrons. The zero-order chi connectivity index (χ0) is 17.7. The lowest BCUT2D eigenvalue weighted by atomic mass is 9.49. The van der Waals surface area contributed by atoms with Crippen molar-refractivity contribution in [2.45, 2.75) is 39.8 Å². The minimum atomic E-state index is -0.226. The highest BCUT2D eigenvalue weighted by Crippen LogP contribution is 2.55. The zero-order valence-corrected chi connectivity index (χ0v) is 14.7. The minimum Gasteiger partial charge on any atom is -0.488 e. The molecule has 24 heavy (non-hydrogen) atoms. The van der Waals surface area contributed by atoms with E-state index in [2.05, 4.69) is 44.1 Å². The van der Waals surface area contributed by atoms with Gasteiger partial charge in [-0.3, -0.25) is 4.79 Å². The molecule has 1 aromatic carbocycles. The predicted molar refractivity (Wildman–Crippen MR) is 94.1 cm³/mol. The topological polar surface area (TPSA) is 77.9 Å². The van der Waals surface area contributed by atoms with E-state index in [1.54, 1.807) is 12.1 Å². The van der Waals surface area contributed by atoms with Gasteiger partial charge < -0.3 is 15.0 Å². The molecule has 2 N–H and O–H groups in total. The highest BCUT2D eigenvalue weighted by atomic mass is 16.5. The van der Waals surface area contributed by atoms with Crippen LogP contribution in [0.25, 0.3) is 10.9 Å². The van der Waals surface area contributed by atoms with Crippen molar-refractivity contribution in [2.75, 3.05) is 7.05 Å². The van der Waals surface area contributed by atoms with Crippen molar-refractivity contribution in [3.05, 3.63) is 40.2 Å². The number of H-pyrrole nitrogens is 1. The molecule has 1 aliphatic carbocycles. The van der Waals surface area contributed by atoms with Gasteiger partial charge in [0.05, 0.1) is 11.1 Å². The summed E-state index contributed by atoms with van der Waals surface area (Å²) in [6.07, 6.45) is 0.0190. The Hall–Kier alpha value is -2.32. The third kappa shape index (κ3) is 2.22. The number of ether oxygens (including phenoxy) is 1. The molecule has 126 valence electrons. The number of hydrogen-bond donors (Lipinski definition) is 2. The molecule has 1 saturated carbocycles. The van der Waals surface area contributed by atoms with Gasteiger partial charge in [0.2, 0.25) is 5.56 Å². The van der Waals surface area contributed by atoms with E-state index in [0.717, 1.165) is 5.39 Å². The molecule has 3 rings (SSSR count).